The summed E-state index contributed by atoms with van der Waals surface area (Å²) in [7, 11) is 2.26. The van der Waals surface area contributed by atoms with Gasteiger partial charge in [-0.25, -0.2) is 0 Å². The van der Waals surface area contributed by atoms with Crippen molar-refractivity contribution >= 4 is 10.9 Å². The Kier molecular flexibility index (Phi) is 4.62. The van der Waals surface area contributed by atoms with Crippen molar-refractivity contribution in [1.82, 2.24) is 9.47 Å². The minimum Gasteiger partial charge on any atom is -0.344 e. The van der Waals surface area contributed by atoms with E-state index in [1.165, 1.54) is 27.6 Å². The molecule has 1 aliphatic heterocycles. The fourth-order valence-electron chi connectivity index (χ4n) is 4.25. The van der Waals surface area contributed by atoms with Crippen LogP contribution in [0.2, 0.25) is 0 Å². The average molecular weight is 347 g/mol. The van der Waals surface area contributed by atoms with Gasteiger partial charge in [0.25, 0.3) is 0 Å². The number of hydrogen-bond acceptors (Lipinski definition) is 1. The summed E-state index contributed by atoms with van der Waals surface area (Å²) in [6.45, 7) is 8.88. The molecule has 0 bridgehead atoms. The zero-order valence-corrected chi connectivity index (χ0v) is 16.5. The third-order valence-electron chi connectivity index (χ3n) is 6.15. The van der Waals surface area contributed by atoms with Crippen molar-refractivity contribution in [2.24, 2.45) is 0 Å². The third kappa shape index (κ3) is 3.07. The van der Waals surface area contributed by atoms with E-state index < -0.39 is 0 Å². The summed E-state index contributed by atoms with van der Waals surface area (Å²) < 4.78 is 2.60. The second-order valence-corrected chi connectivity index (χ2v) is 7.99. The lowest BCUT2D eigenvalue weighted by Crippen LogP contribution is -2.35. The molecular weight excluding hydrogens is 316 g/mol. The van der Waals surface area contributed by atoms with Crippen LogP contribution in [0.3, 0.4) is 0 Å². The van der Waals surface area contributed by atoms with Crippen LogP contribution in [0.1, 0.15) is 41.8 Å². The van der Waals surface area contributed by atoms with Crippen LogP contribution in [0.15, 0.2) is 42.5 Å². The number of benzene rings is 2. The van der Waals surface area contributed by atoms with Crippen LogP contribution in [-0.4, -0.2) is 22.6 Å². The van der Waals surface area contributed by atoms with E-state index >= 15 is 0 Å². The van der Waals surface area contributed by atoms with Crippen molar-refractivity contribution in [3.05, 3.63) is 70.4 Å². The number of nitrogens with zero attached hydrogens (tertiary/aromatic N) is 2. The Labute approximate surface area is 157 Å². The SMILES string of the molecule is CCc1ccc2c(c1)c1c(n2CCc2ccc(C)cc2)CC(C)N(C)C1. The van der Waals surface area contributed by atoms with E-state index in [2.05, 4.69) is 79.8 Å². The van der Waals surface area contributed by atoms with E-state index in [1.54, 1.807) is 11.3 Å². The number of aryl methyl sites for hydroxylation is 4. The van der Waals surface area contributed by atoms with Crippen molar-refractivity contribution in [3.63, 3.8) is 0 Å². The van der Waals surface area contributed by atoms with E-state index in [0.29, 0.717) is 6.04 Å². The van der Waals surface area contributed by atoms with Crippen molar-refractivity contribution in [2.75, 3.05) is 7.05 Å². The second-order valence-electron chi connectivity index (χ2n) is 7.99. The molecule has 4 rings (SSSR count). The lowest BCUT2D eigenvalue weighted by atomic mass is 9.99. The van der Waals surface area contributed by atoms with Crippen molar-refractivity contribution < 1.29 is 0 Å². The predicted octanol–water partition coefficient (Wildman–Crippen LogP) is 5.13. The second kappa shape index (κ2) is 6.92. The van der Waals surface area contributed by atoms with Gasteiger partial charge in [0.15, 0.2) is 0 Å². The van der Waals surface area contributed by atoms with Gasteiger partial charge in [-0.3, -0.25) is 4.90 Å². The molecule has 2 heteroatoms. The lowest BCUT2D eigenvalue weighted by molar-refractivity contribution is 0.228. The quantitative estimate of drug-likeness (QED) is 0.636. The normalized spacial score (nSPS) is 17.6. The molecule has 0 saturated heterocycles. The van der Waals surface area contributed by atoms with Crippen LogP contribution in [0, 0.1) is 6.92 Å². The summed E-state index contributed by atoms with van der Waals surface area (Å²) in [5.74, 6) is 0. The van der Waals surface area contributed by atoms with Gasteiger partial charge >= 0.3 is 0 Å². The molecule has 26 heavy (non-hydrogen) atoms. The first-order chi connectivity index (χ1) is 12.6. The van der Waals surface area contributed by atoms with Gasteiger partial charge in [-0.15, -0.1) is 0 Å². The minimum absolute atomic E-state index is 0.607. The first-order valence-corrected chi connectivity index (χ1v) is 9.95. The molecule has 0 saturated carbocycles. The molecule has 0 aliphatic carbocycles. The van der Waals surface area contributed by atoms with Gasteiger partial charge in [-0.1, -0.05) is 42.8 Å². The molecule has 0 N–H and O–H groups in total. The van der Waals surface area contributed by atoms with Crippen LogP contribution in [0.4, 0.5) is 0 Å². The van der Waals surface area contributed by atoms with Crippen LogP contribution in [0.5, 0.6) is 0 Å². The number of aromatic nitrogens is 1. The van der Waals surface area contributed by atoms with Gasteiger partial charge < -0.3 is 4.57 Å². The van der Waals surface area contributed by atoms with Gasteiger partial charge in [-0.05, 0) is 62.6 Å². The fraction of sp³-hybridized carbons (Fsp3) is 0.417. The molecular formula is C24H30N2. The monoisotopic (exact) mass is 346 g/mol. The highest BCUT2D eigenvalue weighted by Gasteiger charge is 2.26. The van der Waals surface area contributed by atoms with Crippen molar-refractivity contribution in [1.29, 1.82) is 0 Å². The van der Waals surface area contributed by atoms with Gasteiger partial charge in [0.2, 0.25) is 0 Å². The Morgan fingerprint density at radius 1 is 1.04 bits per heavy atom. The Balaban J connectivity index is 1.75. The predicted molar refractivity (Wildman–Crippen MR) is 111 cm³/mol. The van der Waals surface area contributed by atoms with Gasteiger partial charge in [0, 0.05) is 42.1 Å². The smallest absolute Gasteiger partial charge is 0.0486 e. The molecule has 136 valence electrons. The summed E-state index contributed by atoms with van der Waals surface area (Å²) in [5, 5.41) is 1.47. The van der Waals surface area contributed by atoms with Gasteiger partial charge in [-0.2, -0.15) is 0 Å². The Morgan fingerprint density at radius 3 is 2.50 bits per heavy atom. The zero-order chi connectivity index (χ0) is 18.3. The molecule has 1 atom stereocenters. The van der Waals surface area contributed by atoms with E-state index in [9.17, 15) is 0 Å². The van der Waals surface area contributed by atoms with E-state index in [-0.39, 0.29) is 0 Å². The average Bonchev–Trinajstić information content (AvgIpc) is 2.94. The molecule has 0 spiro atoms. The molecule has 1 aliphatic rings. The summed E-state index contributed by atoms with van der Waals surface area (Å²) in [6, 6.07) is 16.7. The Morgan fingerprint density at radius 2 is 1.77 bits per heavy atom. The topological polar surface area (TPSA) is 8.17 Å². The van der Waals surface area contributed by atoms with Gasteiger partial charge in [0.1, 0.15) is 0 Å². The minimum atomic E-state index is 0.607. The van der Waals surface area contributed by atoms with Gasteiger partial charge in [0.05, 0.1) is 0 Å². The maximum atomic E-state index is 2.60. The standard InChI is InChI=1S/C24H30N2/c1-5-19-10-11-23-21(15-19)22-16-25(4)18(3)14-24(22)26(23)13-12-20-8-6-17(2)7-9-20/h6-11,15,18H,5,12-14,16H2,1-4H3. The molecule has 0 fully saturated rings. The summed E-state index contributed by atoms with van der Waals surface area (Å²) in [5.41, 5.74) is 8.74. The first kappa shape index (κ1) is 17.4. The molecule has 3 aromatic rings. The number of rotatable bonds is 4. The maximum Gasteiger partial charge on any atom is 0.0486 e. The molecule has 2 aromatic carbocycles. The highest BCUT2D eigenvalue weighted by atomic mass is 15.1. The molecule has 1 unspecified atom stereocenters. The highest BCUT2D eigenvalue weighted by Crippen LogP contribution is 2.33. The first-order valence-electron chi connectivity index (χ1n) is 9.95. The summed E-state index contributed by atoms with van der Waals surface area (Å²) in [4.78, 5) is 2.49. The Hall–Kier alpha value is -2.06. The zero-order valence-electron chi connectivity index (χ0n) is 16.5. The van der Waals surface area contributed by atoms with E-state index in [0.717, 1.165) is 32.4 Å². The Bertz CT molecular complexity index is 918. The third-order valence-corrected chi connectivity index (χ3v) is 6.15. The summed E-state index contributed by atoms with van der Waals surface area (Å²) >= 11 is 0. The van der Waals surface area contributed by atoms with Crippen LogP contribution in [0.25, 0.3) is 10.9 Å². The summed E-state index contributed by atoms with van der Waals surface area (Å²) in [6.07, 6.45) is 3.34. The molecule has 2 nitrogen and oxygen atoms in total. The lowest BCUT2D eigenvalue weighted by Gasteiger charge is -2.31. The number of likely N-dealkylation sites (N-methyl/N-ethyl adjacent to an activating group) is 1. The molecule has 1 aromatic heterocycles. The van der Waals surface area contributed by atoms with Crippen LogP contribution in [-0.2, 0) is 32.4 Å². The van der Waals surface area contributed by atoms with Crippen molar-refractivity contribution in [3.8, 4) is 0 Å². The fourth-order valence-corrected chi connectivity index (χ4v) is 4.25. The van der Waals surface area contributed by atoms with Crippen LogP contribution < -0.4 is 0 Å². The molecule has 2 heterocycles. The largest absolute Gasteiger partial charge is 0.344 e. The maximum absolute atomic E-state index is 2.60. The van der Waals surface area contributed by atoms with E-state index in [4.69, 9.17) is 0 Å². The molecule has 0 amide bonds. The highest BCUT2D eigenvalue weighted by molar-refractivity contribution is 5.86. The number of hydrogen-bond donors (Lipinski definition) is 0. The number of fused-ring (bicyclic) bond motifs is 3. The van der Waals surface area contributed by atoms with Crippen LogP contribution >= 0.6 is 0 Å². The molecule has 0 radical (unpaired) electrons. The van der Waals surface area contributed by atoms with E-state index in [1.807, 2.05) is 0 Å². The van der Waals surface area contributed by atoms with Crippen molar-refractivity contribution in [2.45, 2.75) is 59.2 Å².